The predicted octanol–water partition coefficient (Wildman–Crippen LogP) is 3.82. The van der Waals surface area contributed by atoms with Gasteiger partial charge in [0.05, 0.1) is 0 Å². The number of anilines is 1. The highest BCUT2D eigenvalue weighted by molar-refractivity contribution is 5.94. The van der Waals surface area contributed by atoms with Crippen LogP contribution in [0.4, 0.5) is 5.69 Å². The van der Waals surface area contributed by atoms with Crippen molar-refractivity contribution in [2.45, 2.75) is 32.7 Å². The summed E-state index contributed by atoms with van der Waals surface area (Å²) in [6.45, 7) is 6.42. The first-order chi connectivity index (χ1) is 12.7. The van der Waals surface area contributed by atoms with Crippen LogP contribution in [-0.4, -0.2) is 37.0 Å². The summed E-state index contributed by atoms with van der Waals surface area (Å²) >= 11 is 0. The minimum Gasteiger partial charge on any atom is -0.384 e. The Morgan fingerprint density at radius 3 is 2.62 bits per heavy atom. The lowest BCUT2D eigenvalue weighted by atomic mass is 10.1. The zero-order valence-electron chi connectivity index (χ0n) is 15.6. The third-order valence-corrected chi connectivity index (χ3v) is 4.91. The van der Waals surface area contributed by atoms with Crippen LogP contribution in [0.25, 0.3) is 0 Å². The Hall–Kier alpha value is -2.33. The first kappa shape index (κ1) is 18.5. The lowest BCUT2D eigenvalue weighted by Crippen LogP contribution is -2.35. The number of nitrogens with one attached hydrogen (secondary N) is 2. The van der Waals surface area contributed by atoms with Crippen LogP contribution in [0.2, 0.25) is 0 Å². The Balaban J connectivity index is 1.45. The molecule has 1 saturated heterocycles. The van der Waals surface area contributed by atoms with Gasteiger partial charge in [-0.2, -0.15) is 0 Å². The summed E-state index contributed by atoms with van der Waals surface area (Å²) in [4.78, 5) is 14.6. The molecular weight excluding hydrogens is 322 g/mol. The third-order valence-electron chi connectivity index (χ3n) is 4.91. The number of hydrogen-bond donors (Lipinski definition) is 2. The van der Waals surface area contributed by atoms with Crippen molar-refractivity contribution in [1.82, 2.24) is 10.2 Å². The molecule has 1 heterocycles. The molecule has 2 aromatic carbocycles. The van der Waals surface area contributed by atoms with Crippen molar-refractivity contribution in [3.8, 4) is 0 Å². The molecule has 0 bridgehead atoms. The second-order valence-electron chi connectivity index (χ2n) is 6.97. The van der Waals surface area contributed by atoms with Gasteiger partial charge in [-0.25, -0.2) is 0 Å². The van der Waals surface area contributed by atoms with Crippen molar-refractivity contribution < 1.29 is 4.79 Å². The molecule has 1 amide bonds. The standard InChI is InChI=1S/C22H29N3O/c1-18-8-3-4-11-21(18)24-13-12-23-17-19-9-7-10-20(16-19)22(26)25-14-5-2-6-15-25/h3-4,7-11,16,23-24H,2,5-6,12-15,17H2,1H3. The summed E-state index contributed by atoms with van der Waals surface area (Å²) in [6.07, 6.45) is 3.49. The Morgan fingerprint density at radius 1 is 1.00 bits per heavy atom. The number of aryl methyl sites for hydroxylation is 1. The zero-order chi connectivity index (χ0) is 18.2. The minimum atomic E-state index is 0.174. The van der Waals surface area contributed by atoms with Gasteiger partial charge in [-0.15, -0.1) is 0 Å². The van der Waals surface area contributed by atoms with E-state index in [1.165, 1.54) is 17.7 Å². The van der Waals surface area contributed by atoms with E-state index in [2.05, 4.69) is 41.8 Å². The molecule has 0 unspecified atom stereocenters. The van der Waals surface area contributed by atoms with E-state index in [0.29, 0.717) is 0 Å². The third kappa shape index (κ3) is 5.09. The molecule has 1 fully saturated rings. The van der Waals surface area contributed by atoms with E-state index in [9.17, 15) is 4.79 Å². The van der Waals surface area contributed by atoms with Gasteiger partial charge in [0.25, 0.3) is 5.91 Å². The second-order valence-corrected chi connectivity index (χ2v) is 6.97. The van der Waals surface area contributed by atoms with Crippen molar-refractivity contribution in [3.05, 3.63) is 65.2 Å². The molecule has 4 heteroatoms. The molecule has 1 aliphatic heterocycles. The van der Waals surface area contributed by atoms with Gasteiger partial charge in [0, 0.05) is 44.0 Å². The molecule has 0 saturated carbocycles. The van der Waals surface area contributed by atoms with E-state index in [-0.39, 0.29) is 5.91 Å². The molecule has 2 N–H and O–H groups in total. The number of nitrogens with zero attached hydrogens (tertiary/aromatic N) is 1. The molecule has 2 aromatic rings. The second kappa shape index (κ2) is 9.39. The fraction of sp³-hybridized carbons (Fsp3) is 0.409. The van der Waals surface area contributed by atoms with E-state index >= 15 is 0 Å². The van der Waals surface area contributed by atoms with E-state index in [1.54, 1.807) is 0 Å². The van der Waals surface area contributed by atoms with Crippen LogP contribution in [-0.2, 0) is 6.54 Å². The van der Waals surface area contributed by atoms with Gasteiger partial charge in [-0.3, -0.25) is 4.79 Å². The molecule has 4 nitrogen and oxygen atoms in total. The minimum absolute atomic E-state index is 0.174. The monoisotopic (exact) mass is 351 g/mol. The maximum absolute atomic E-state index is 12.6. The van der Waals surface area contributed by atoms with Gasteiger partial charge < -0.3 is 15.5 Å². The molecule has 0 aliphatic carbocycles. The summed E-state index contributed by atoms with van der Waals surface area (Å²) in [5.74, 6) is 0.174. The van der Waals surface area contributed by atoms with Crippen molar-refractivity contribution in [2.24, 2.45) is 0 Å². The quantitative estimate of drug-likeness (QED) is 0.745. The Kier molecular flexibility index (Phi) is 6.67. The van der Waals surface area contributed by atoms with Gasteiger partial charge in [0.1, 0.15) is 0 Å². The van der Waals surface area contributed by atoms with Crippen molar-refractivity contribution in [1.29, 1.82) is 0 Å². The van der Waals surface area contributed by atoms with E-state index < -0.39 is 0 Å². The topological polar surface area (TPSA) is 44.4 Å². The normalized spacial score (nSPS) is 14.3. The number of piperidine rings is 1. The molecule has 138 valence electrons. The van der Waals surface area contributed by atoms with Crippen LogP contribution >= 0.6 is 0 Å². The van der Waals surface area contributed by atoms with Crippen LogP contribution in [0.5, 0.6) is 0 Å². The van der Waals surface area contributed by atoms with Crippen molar-refractivity contribution in [3.63, 3.8) is 0 Å². The van der Waals surface area contributed by atoms with Crippen LogP contribution in [0, 0.1) is 6.92 Å². The SMILES string of the molecule is Cc1ccccc1NCCNCc1cccc(C(=O)N2CCCCC2)c1. The van der Waals surface area contributed by atoms with E-state index in [1.807, 2.05) is 29.2 Å². The number of carbonyl (C=O) groups is 1. The fourth-order valence-electron chi connectivity index (χ4n) is 3.38. The maximum atomic E-state index is 12.6. The number of para-hydroxylation sites is 1. The lowest BCUT2D eigenvalue weighted by molar-refractivity contribution is 0.0724. The van der Waals surface area contributed by atoms with Crippen molar-refractivity contribution >= 4 is 11.6 Å². The highest BCUT2D eigenvalue weighted by Crippen LogP contribution is 2.14. The average Bonchev–Trinajstić information content (AvgIpc) is 2.69. The zero-order valence-corrected chi connectivity index (χ0v) is 15.6. The van der Waals surface area contributed by atoms with Crippen LogP contribution in [0.15, 0.2) is 48.5 Å². The predicted molar refractivity (Wildman–Crippen MR) is 108 cm³/mol. The summed E-state index contributed by atoms with van der Waals surface area (Å²) in [7, 11) is 0. The Morgan fingerprint density at radius 2 is 1.81 bits per heavy atom. The largest absolute Gasteiger partial charge is 0.384 e. The van der Waals surface area contributed by atoms with Crippen molar-refractivity contribution in [2.75, 3.05) is 31.5 Å². The van der Waals surface area contributed by atoms with Gasteiger partial charge in [0.15, 0.2) is 0 Å². The van der Waals surface area contributed by atoms with E-state index in [0.717, 1.165) is 56.7 Å². The Labute approximate surface area is 156 Å². The number of likely N-dealkylation sites (tertiary alicyclic amines) is 1. The molecule has 0 atom stereocenters. The summed E-state index contributed by atoms with van der Waals surface area (Å²) in [6, 6.07) is 16.3. The van der Waals surface area contributed by atoms with Gasteiger partial charge >= 0.3 is 0 Å². The number of benzene rings is 2. The summed E-state index contributed by atoms with van der Waals surface area (Å²) < 4.78 is 0. The van der Waals surface area contributed by atoms with Crippen LogP contribution in [0.1, 0.15) is 40.7 Å². The molecule has 3 rings (SSSR count). The maximum Gasteiger partial charge on any atom is 0.253 e. The highest BCUT2D eigenvalue weighted by atomic mass is 16.2. The van der Waals surface area contributed by atoms with Gasteiger partial charge in [0.2, 0.25) is 0 Å². The molecule has 1 aliphatic rings. The van der Waals surface area contributed by atoms with Gasteiger partial charge in [-0.05, 0) is 55.5 Å². The molecule has 26 heavy (non-hydrogen) atoms. The number of rotatable bonds is 7. The molecular formula is C22H29N3O. The fourth-order valence-corrected chi connectivity index (χ4v) is 3.38. The summed E-state index contributed by atoms with van der Waals surface area (Å²) in [5.41, 5.74) is 4.41. The summed E-state index contributed by atoms with van der Waals surface area (Å²) in [5, 5.41) is 6.90. The first-order valence-corrected chi connectivity index (χ1v) is 9.62. The molecule has 0 aromatic heterocycles. The Bertz CT molecular complexity index is 723. The van der Waals surface area contributed by atoms with Crippen LogP contribution in [0.3, 0.4) is 0 Å². The number of amides is 1. The number of carbonyl (C=O) groups excluding carboxylic acids is 1. The highest BCUT2D eigenvalue weighted by Gasteiger charge is 2.18. The molecule has 0 radical (unpaired) electrons. The van der Waals surface area contributed by atoms with Crippen LogP contribution < -0.4 is 10.6 Å². The van der Waals surface area contributed by atoms with E-state index in [4.69, 9.17) is 0 Å². The van der Waals surface area contributed by atoms with Gasteiger partial charge in [-0.1, -0.05) is 30.3 Å². The molecule has 0 spiro atoms. The lowest BCUT2D eigenvalue weighted by Gasteiger charge is -2.26. The average molecular weight is 351 g/mol. The smallest absolute Gasteiger partial charge is 0.253 e. The first-order valence-electron chi connectivity index (χ1n) is 9.62. The number of hydrogen-bond acceptors (Lipinski definition) is 3.